The van der Waals surface area contributed by atoms with Gasteiger partial charge in [-0.3, -0.25) is 19.3 Å². The fourth-order valence-electron chi connectivity index (χ4n) is 2.80. The number of anilines is 1. The van der Waals surface area contributed by atoms with Gasteiger partial charge in [-0.1, -0.05) is 6.07 Å². The van der Waals surface area contributed by atoms with E-state index in [4.69, 9.17) is 14.6 Å². The van der Waals surface area contributed by atoms with Crippen LogP contribution in [0.15, 0.2) is 52.3 Å². The van der Waals surface area contributed by atoms with Crippen LogP contribution in [0.3, 0.4) is 0 Å². The molecule has 1 fully saturated rings. The Labute approximate surface area is 188 Å². The van der Waals surface area contributed by atoms with Gasteiger partial charge in [0.05, 0.1) is 24.0 Å². The second-order valence-corrected chi connectivity index (χ2v) is 9.05. The van der Waals surface area contributed by atoms with Crippen molar-refractivity contribution < 1.29 is 32.3 Å². The average Bonchev–Trinajstić information content (AvgIpc) is 3.00. The summed E-state index contributed by atoms with van der Waals surface area (Å²) in [6, 6.07) is 10.2. The largest absolute Gasteiger partial charge is 0.493 e. The number of sulfonamides is 1. The molecule has 0 radical (unpaired) electrons. The number of benzene rings is 2. The van der Waals surface area contributed by atoms with E-state index in [2.05, 4.69) is 5.32 Å². The highest BCUT2D eigenvalue weighted by molar-refractivity contribution is 8.18. The van der Waals surface area contributed by atoms with Crippen LogP contribution in [0.25, 0.3) is 6.08 Å². The van der Waals surface area contributed by atoms with Crippen molar-refractivity contribution in [2.45, 2.75) is 4.90 Å². The highest BCUT2D eigenvalue weighted by Gasteiger charge is 2.36. The fraction of sp³-hybridized carbons (Fsp3) is 0.150. The average molecular weight is 478 g/mol. The number of imide groups is 1. The summed E-state index contributed by atoms with van der Waals surface area (Å²) >= 11 is 0.719. The number of nitrogens with two attached hydrogens (primary N) is 1. The van der Waals surface area contributed by atoms with Crippen molar-refractivity contribution in [3.8, 4) is 11.5 Å². The molecule has 0 bridgehead atoms. The van der Waals surface area contributed by atoms with Crippen molar-refractivity contribution in [3.05, 3.63) is 52.9 Å². The number of nitrogens with one attached hydrogen (secondary N) is 1. The van der Waals surface area contributed by atoms with Crippen LogP contribution in [0, 0.1) is 0 Å². The van der Waals surface area contributed by atoms with Crippen LogP contribution in [0.2, 0.25) is 0 Å². The SMILES string of the molecule is COc1ccc(C=C2SC(=O)N(CC(=O)Nc3ccc(S(N)(=O)=O)cc3)C2=O)cc1OC. The second-order valence-electron chi connectivity index (χ2n) is 6.50. The molecule has 0 atom stereocenters. The van der Waals surface area contributed by atoms with Crippen molar-refractivity contribution in [1.29, 1.82) is 0 Å². The lowest BCUT2D eigenvalue weighted by molar-refractivity contribution is -0.127. The molecule has 0 saturated carbocycles. The van der Waals surface area contributed by atoms with E-state index in [1.165, 1.54) is 44.6 Å². The van der Waals surface area contributed by atoms with Crippen molar-refractivity contribution in [1.82, 2.24) is 4.90 Å². The molecule has 0 unspecified atom stereocenters. The molecule has 3 amide bonds. The summed E-state index contributed by atoms with van der Waals surface area (Å²) < 4.78 is 33.0. The van der Waals surface area contributed by atoms with Crippen LogP contribution in [0.4, 0.5) is 10.5 Å². The van der Waals surface area contributed by atoms with Gasteiger partial charge in [-0.2, -0.15) is 0 Å². The highest BCUT2D eigenvalue weighted by Crippen LogP contribution is 2.34. The van der Waals surface area contributed by atoms with Crippen LogP contribution >= 0.6 is 11.8 Å². The molecule has 168 valence electrons. The quantitative estimate of drug-likeness (QED) is 0.576. The number of thioether (sulfide) groups is 1. The molecule has 0 aromatic heterocycles. The summed E-state index contributed by atoms with van der Waals surface area (Å²) in [5.41, 5.74) is 0.905. The maximum Gasteiger partial charge on any atom is 0.294 e. The maximum absolute atomic E-state index is 12.6. The number of carbonyl (C=O) groups excluding carboxylic acids is 3. The zero-order valence-corrected chi connectivity index (χ0v) is 18.7. The summed E-state index contributed by atoms with van der Waals surface area (Å²) in [7, 11) is -0.871. The Kier molecular flexibility index (Phi) is 6.87. The molecular formula is C20H19N3O7S2. The number of carbonyl (C=O) groups is 3. The first kappa shape index (κ1) is 23.3. The third-order valence-corrected chi connectivity index (χ3v) is 6.18. The van der Waals surface area contributed by atoms with E-state index in [1.54, 1.807) is 18.2 Å². The molecule has 1 aliphatic heterocycles. The monoisotopic (exact) mass is 477 g/mol. The fourth-order valence-corrected chi connectivity index (χ4v) is 4.16. The minimum Gasteiger partial charge on any atom is -0.493 e. The van der Waals surface area contributed by atoms with Crippen LogP contribution in [0.1, 0.15) is 5.56 Å². The summed E-state index contributed by atoms with van der Waals surface area (Å²) in [6.45, 7) is -0.495. The topological polar surface area (TPSA) is 145 Å². The van der Waals surface area contributed by atoms with Gasteiger partial charge in [0.25, 0.3) is 11.1 Å². The number of nitrogens with zero attached hydrogens (tertiary/aromatic N) is 1. The van der Waals surface area contributed by atoms with Crippen molar-refractivity contribution in [2.24, 2.45) is 5.14 Å². The van der Waals surface area contributed by atoms with E-state index >= 15 is 0 Å². The summed E-state index contributed by atoms with van der Waals surface area (Å²) in [6.07, 6.45) is 1.52. The summed E-state index contributed by atoms with van der Waals surface area (Å²) in [5, 5.41) is 6.95. The van der Waals surface area contributed by atoms with E-state index in [-0.39, 0.29) is 15.5 Å². The first-order chi connectivity index (χ1) is 15.1. The lowest BCUT2D eigenvalue weighted by Gasteiger charge is -2.12. The van der Waals surface area contributed by atoms with Gasteiger partial charge >= 0.3 is 0 Å². The molecule has 2 aromatic carbocycles. The van der Waals surface area contributed by atoms with Gasteiger partial charge in [-0.15, -0.1) is 0 Å². The lowest BCUT2D eigenvalue weighted by Crippen LogP contribution is -2.36. The van der Waals surface area contributed by atoms with Crippen LogP contribution in [-0.4, -0.2) is 51.1 Å². The first-order valence-electron chi connectivity index (χ1n) is 9.02. The lowest BCUT2D eigenvalue weighted by atomic mass is 10.2. The number of hydrogen-bond acceptors (Lipinski definition) is 8. The molecular weight excluding hydrogens is 458 g/mol. The minimum atomic E-state index is -3.86. The first-order valence-corrected chi connectivity index (χ1v) is 11.4. The number of hydrogen-bond donors (Lipinski definition) is 2. The molecule has 3 rings (SSSR count). The molecule has 0 aliphatic carbocycles. The molecule has 1 heterocycles. The van der Waals surface area contributed by atoms with Crippen LogP contribution in [0.5, 0.6) is 11.5 Å². The van der Waals surface area contributed by atoms with E-state index in [1.807, 2.05) is 0 Å². The third kappa shape index (κ3) is 5.28. The normalized spacial score (nSPS) is 15.2. The Hall–Kier alpha value is -3.35. The van der Waals surface area contributed by atoms with E-state index in [9.17, 15) is 22.8 Å². The Balaban J connectivity index is 1.69. The smallest absolute Gasteiger partial charge is 0.294 e. The predicted molar refractivity (Wildman–Crippen MR) is 119 cm³/mol. The molecule has 10 nitrogen and oxygen atoms in total. The Morgan fingerprint density at radius 2 is 1.75 bits per heavy atom. The van der Waals surface area contributed by atoms with Gasteiger partial charge in [-0.05, 0) is 59.8 Å². The Bertz CT molecular complexity index is 1210. The molecule has 3 N–H and O–H groups in total. The second kappa shape index (κ2) is 9.42. The van der Waals surface area contributed by atoms with Gasteiger partial charge in [0.15, 0.2) is 11.5 Å². The van der Waals surface area contributed by atoms with Gasteiger partial charge < -0.3 is 14.8 Å². The number of amides is 3. The van der Waals surface area contributed by atoms with E-state index in [0.717, 1.165) is 16.7 Å². The highest BCUT2D eigenvalue weighted by atomic mass is 32.2. The number of ether oxygens (including phenoxy) is 2. The van der Waals surface area contributed by atoms with Gasteiger partial charge in [0, 0.05) is 5.69 Å². The zero-order valence-electron chi connectivity index (χ0n) is 17.0. The molecule has 0 spiro atoms. The van der Waals surface area contributed by atoms with Crippen molar-refractivity contribution >= 4 is 50.6 Å². The molecule has 32 heavy (non-hydrogen) atoms. The standard InChI is InChI=1S/C20H19N3O7S2/c1-29-15-8-3-12(9-16(15)30-2)10-17-19(25)23(20(26)31-17)11-18(24)22-13-4-6-14(7-5-13)32(21,27)28/h3-10H,11H2,1-2H3,(H,22,24)(H2,21,27,28). The minimum absolute atomic E-state index is 0.110. The molecule has 2 aromatic rings. The van der Waals surface area contributed by atoms with Crippen molar-refractivity contribution in [3.63, 3.8) is 0 Å². The number of methoxy groups -OCH3 is 2. The maximum atomic E-state index is 12.6. The predicted octanol–water partition coefficient (Wildman–Crippen LogP) is 2.03. The third-order valence-electron chi connectivity index (χ3n) is 4.35. The summed E-state index contributed by atoms with van der Waals surface area (Å²) in [4.78, 5) is 38.1. The van der Waals surface area contributed by atoms with Gasteiger partial charge in [-0.25, -0.2) is 13.6 Å². The molecule has 12 heteroatoms. The van der Waals surface area contributed by atoms with Crippen molar-refractivity contribution in [2.75, 3.05) is 26.1 Å². The Morgan fingerprint density at radius 1 is 1.09 bits per heavy atom. The van der Waals surface area contributed by atoms with Gasteiger partial charge in [0.2, 0.25) is 15.9 Å². The van der Waals surface area contributed by atoms with Gasteiger partial charge in [0.1, 0.15) is 6.54 Å². The zero-order chi connectivity index (χ0) is 23.5. The molecule has 1 aliphatic rings. The van der Waals surface area contributed by atoms with E-state index < -0.39 is 33.6 Å². The number of rotatable bonds is 7. The van der Waals surface area contributed by atoms with Crippen LogP contribution < -0.4 is 19.9 Å². The van der Waals surface area contributed by atoms with Crippen LogP contribution in [-0.2, 0) is 19.6 Å². The summed E-state index contributed by atoms with van der Waals surface area (Å²) in [5.74, 6) is -0.239. The number of primary sulfonamides is 1. The molecule has 1 saturated heterocycles. The van der Waals surface area contributed by atoms with E-state index in [0.29, 0.717) is 17.1 Å². The Morgan fingerprint density at radius 3 is 2.34 bits per heavy atom.